The van der Waals surface area contributed by atoms with E-state index in [2.05, 4.69) is 13.2 Å². The molecular formula is C21H24O5. The van der Waals surface area contributed by atoms with Crippen molar-refractivity contribution in [1.82, 2.24) is 0 Å². The number of esters is 2. The van der Waals surface area contributed by atoms with Crippen molar-refractivity contribution in [2.45, 2.75) is 51.4 Å². The average molecular weight is 356 g/mol. The Morgan fingerprint density at radius 2 is 1.77 bits per heavy atom. The molecule has 5 nitrogen and oxygen atoms in total. The van der Waals surface area contributed by atoms with Crippen molar-refractivity contribution >= 4 is 11.9 Å². The number of cyclic esters (lactones) is 2. The molecule has 3 aliphatic rings. The maximum atomic E-state index is 12.7. The van der Waals surface area contributed by atoms with Gasteiger partial charge in [-0.25, -0.2) is 0 Å². The number of aliphatic hydroxyl groups excluding tert-OH is 1. The molecule has 5 heteroatoms. The van der Waals surface area contributed by atoms with Crippen LogP contribution in [0.4, 0.5) is 0 Å². The van der Waals surface area contributed by atoms with Gasteiger partial charge in [0.15, 0.2) is 5.41 Å². The van der Waals surface area contributed by atoms with Crippen LogP contribution in [-0.4, -0.2) is 28.9 Å². The molecule has 1 atom stereocenters. The molecule has 1 spiro atoms. The SMILES string of the molecule is C=CC1=CC(=CC2=CC(=C)CC3(C2)C(=O)OC(C)(C)OC3=O)CC(O)C1. The zero-order chi connectivity index (χ0) is 19.1. The average Bonchev–Trinajstić information content (AvgIpc) is 2.51. The highest BCUT2D eigenvalue weighted by Gasteiger charge is 2.57. The van der Waals surface area contributed by atoms with Gasteiger partial charge in [-0.15, -0.1) is 0 Å². The molecule has 0 amide bonds. The van der Waals surface area contributed by atoms with Crippen LogP contribution in [0.5, 0.6) is 0 Å². The number of allylic oxidation sites excluding steroid dienone is 6. The molecule has 0 aromatic carbocycles. The van der Waals surface area contributed by atoms with Crippen LogP contribution < -0.4 is 0 Å². The fourth-order valence-electron chi connectivity index (χ4n) is 3.74. The molecule has 1 fully saturated rings. The largest absolute Gasteiger partial charge is 0.422 e. The van der Waals surface area contributed by atoms with Crippen LogP contribution in [0.3, 0.4) is 0 Å². The zero-order valence-electron chi connectivity index (χ0n) is 15.2. The number of aliphatic hydroxyl groups is 1. The topological polar surface area (TPSA) is 72.8 Å². The summed E-state index contributed by atoms with van der Waals surface area (Å²) in [5.41, 5.74) is 1.96. The summed E-state index contributed by atoms with van der Waals surface area (Å²) in [6.45, 7) is 10.8. The molecule has 0 saturated carbocycles. The molecule has 1 heterocycles. The van der Waals surface area contributed by atoms with E-state index >= 15 is 0 Å². The van der Waals surface area contributed by atoms with E-state index in [4.69, 9.17) is 9.47 Å². The third kappa shape index (κ3) is 3.44. The van der Waals surface area contributed by atoms with E-state index in [1.54, 1.807) is 6.08 Å². The second-order valence-electron chi connectivity index (χ2n) is 7.70. The van der Waals surface area contributed by atoms with Gasteiger partial charge in [0, 0.05) is 13.8 Å². The van der Waals surface area contributed by atoms with Crippen LogP contribution in [0.2, 0.25) is 0 Å². The Bertz CT molecular complexity index is 758. The molecule has 3 rings (SSSR count). The van der Waals surface area contributed by atoms with Gasteiger partial charge >= 0.3 is 11.9 Å². The van der Waals surface area contributed by atoms with Crippen LogP contribution in [0.25, 0.3) is 0 Å². The van der Waals surface area contributed by atoms with Crippen molar-refractivity contribution in [2.75, 3.05) is 0 Å². The summed E-state index contributed by atoms with van der Waals surface area (Å²) >= 11 is 0. The standard InChI is InChI=1S/C21H24O5/c1-5-14-7-15(10-17(22)9-14)8-16-6-13(2)11-21(12-16)18(23)25-20(3,4)26-19(21)24/h5-8,17,22H,1-2,9-12H2,3-4H3. The minimum Gasteiger partial charge on any atom is -0.422 e. The van der Waals surface area contributed by atoms with Crippen LogP contribution in [0.1, 0.15) is 39.5 Å². The van der Waals surface area contributed by atoms with Gasteiger partial charge in [-0.3, -0.25) is 9.59 Å². The van der Waals surface area contributed by atoms with Crippen molar-refractivity contribution < 1.29 is 24.2 Å². The minimum absolute atomic E-state index is 0.184. The van der Waals surface area contributed by atoms with E-state index in [0.717, 1.165) is 16.7 Å². The summed E-state index contributed by atoms with van der Waals surface area (Å²) in [5.74, 6) is -2.40. The van der Waals surface area contributed by atoms with Gasteiger partial charge < -0.3 is 14.6 Å². The van der Waals surface area contributed by atoms with Gasteiger partial charge in [0.2, 0.25) is 0 Å². The van der Waals surface area contributed by atoms with Gasteiger partial charge in [0.1, 0.15) is 0 Å². The van der Waals surface area contributed by atoms with Gasteiger partial charge in [-0.1, -0.05) is 43.0 Å². The lowest BCUT2D eigenvalue weighted by atomic mass is 9.71. The Morgan fingerprint density at radius 1 is 1.12 bits per heavy atom. The highest BCUT2D eigenvalue weighted by Crippen LogP contribution is 2.45. The van der Waals surface area contributed by atoms with Crippen molar-refractivity contribution in [1.29, 1.82) is 0 Å². The molecule has 1 N–H and O–H groups in total. The molecular weight excluding hydrogens is 332 g/mol. The lowest BCUT2D eigenvalue weighted by Crippen LogP contribution is -2.54. The molecule has 0 bridgehead atoms. The summed E-state index contributed by atoms with van der Waals surface area (Å²) in [6.07, 6.45) is 8.47. The van der Waals surface area contributed by atoms with E-state index in [1.807, 2.05) is 18.2 Å². The minimum atomic E-state index is -1.38. The molecule has 1 unspecified atom stereocenters. The summed E-state index contributed by atoms with van der Waals surface area (Å²) in [4.78, 5) is 25.3. The van der Waals surface area contributed by atoms with Crippen molar-refractivity contribution in [3.05, 3.63) is 59.8 Å². The van der Waals surface area contributed by atoms with E-state index in [0.29, 0.717) is 18.4 Å². The number of hydrogen-bond donors (Lipinski definition) is 1. The molecule has 2 aliphatic carbocycles. The number of hydrogen-bond acceptors (Lipinski definition) is 5. The second-order valence-corrected chi connectivity index (χ2v) is 7.70. The Labute approximate surface area is 153 Å². The van der Waals surface area contributed by atoms with E-state index in [1.165, 1.54) is 13.8 Å². The lowest BCUT2D eigenvalue weighted by Gasteiger charge is -2.42. The van der Waals surface area contributed by atoms with E-state index in [-0.39, 0.29) is 12.8 Å². The van der Waals surface area contributed by atoms with Crippen molar-refractivity contribution in [3.8, 4) is 0 Å². The number of carbonyl (C=O) groups excluding carboxylic acids is 2. The third-order valence-corrected chi connectivity index (χ3v) is 4.83. The van der Waals surface area contributed by atoms with Gasteiger partial charge in [0.25, 0.3) is 5.79 Å². The van der Waals surface area contributed by atoms with Crippen LogP contribution in [-0.2, 0) is 19.1 Å². The molecule has 0 aromatic heterocycles. The monoisotopic (exact) mass is 356 g/mol. The molecule has 1 saturated heterocycles. The van der Waals surface area contributed by atoms with Gasteiger partial charge in [0.05, 0.1) is 6.10 Å². The van der Waals surface area contributed by atoms with Gasteiger partial charge in [-0.05, 0) is 42.4 Å². The van der Waals surface area contributed by atoms with E-state index in [9.17, 15) is 14.7 Å². The lowest BCUT2D eigenvalue weighted by molar-refractivity contribution is -0.251. The van der Waals surface area contributed by atoms with Crippen LogP contribution in [0, 0.1) is 5.41 Å². The summed E-state index contributed by atoms with van der Waals surface area (Å²) in [6, 6.07) is 0. The Morgan fingerprint density at radius 3 is 2.38 bits per heavy atom. The number of rotatable bonds is 2. The molecule has 26 heavy (non-hydrogen) atoms. The fraction of sp³-hybridized carbons (Fsp3) is 0.429. The third-order valence-electron chi connectivity index (χ3n) is 4.83. The highest BCUT2D eigenvalue weighted by molar-refractivity contribution is 6.02. The molecule has 138 valence electrons. The van der Waals surface area contributed by atoms with Gasteiger partial charge in [-0.2, -0.15) is 0 Å². The van der Waals surface area contributed by atoms with Crippen molar-refractivity contribution in [3.63, 3.8) is 0 Å². The first-order chi connectivity index (χ1) is 12.1. The first kappa shape index (κ1) is 18.4. The predicted molar refractivity (Wildman–Crippen MR) is 96.8 cm³/mol. The predicted octanol–water partition coefficient (Wildman–Crippen LogP) is 3.28. The summed E-state index contributed by atoms with van der Waals surface area (Å²) in [7, 11) is 0. The maximum absolute atomic E-state index is 12.7. The van der Waals surface area contributed by atoms with Crippen molar-refractivity contribution in [2.24, 2.45) is 5.41 Å². The van der Waals surface area contributed by atoms with Crippen LogP contribution in [0.15, 0.2) is 59.8 Å². The first-order valence-electron chi connectivity index (χ1n) is 8.70. The number of ether oxygens (including phenoxy) is 2. The van der Waals surface area contributed by atoms with Crippen LogP contribution >= 0.6 is 0 Å². The van der Waals surface area contributed by atoms with E-state index < -0.39 is 29.2 Å². The molecule has 0 aromatic rings. The number of carbonyl (C=O) groups is 2. The maximum Gasteiger partial charge on any atom is 0.327 e. The normalized spacial score (nSPS) is 29.0. The highest BCUT2D eigenvalue weighted by atomic mass is 16.7. The zero-order valence-corrected chi connectivity index (χ0v) is 15.2. The smallest absolute Gasteiger partial charge is 0.327 e. The Balaban J connectivity index is 1.93. The fourth-order valence-corrected chi connectivity index (χ4v) is 3.74. The molecule has 1 aliphatic heterocycles. The summed E-state index contributed by atoms with van der Waals surface area (Å²) in [5, 5.41) is 10.0. The Hall–Kier alpha value is -2.40. The quantitative estimate of drug-likeness (QED) is 0.607. The summed E-state index contributed by atoms with van der Waals surface area (Å²) < 4.78 is 10.7. The first-order valence-corrected chi connectivity index (χ1v) is 8.70. The Kier molecular flexibility index (Phi) is 4.53. The molecule has 0 radical (unpaired) electrons. The second kappa shape index (κ2) is 6.40.